The summed E-state index contributed by atoms with van der Waals surface area (Å²) in [5.41, 5.74) is 0.0926. The molecule has 1 heterocycles. The second-order valence-electron chi connectivity index (χ2n) is 6.88. The Morgan fingerprint density at radius 1 is 1.07 bits per heavy atom. The van der Waals surface area contributed by atoms with Gasteiger partial charge < -0.3 is 9.84 Å². The highest BCUT2D eigenvalue weighted by Crippen LogP contribution is 2.42. The van der Waals surface area contributed by atoms with Crippen molar-refractivity contribution in [3.63, 3.8) is 0 Å². The van der Waals surface area contributed by atoms with Crippen LogP contribution in [-0.4, -0.2) is 36.2 Å². The lowest BCUT2D eigenvalue weighted by atomic mass is 9.88. The molecule has 0 aromatic heterocycles. The third-order valence-corrected chi connectivity index (χ3v) is 5.24. The molecule has 1 atom stereocenters. The summed E-state index contributed by atoms with van der Waals surface area (Å²) in [5, 5.41) is 9.24. The van der Waals surface area contributed by atoms with Gasteiger partial charge in [0.05, 0.1) is 24.6 Å². The molecule has 7 heteroatoms. The van der Waals surface area contributed by atoms with E-state index in [1.807, 2.05) is 4.90 Å². The Hall–Kier alpha value is -2.54. The van der Waals surface area contributed by atoms with E-state index in [2.05, 4.69) is 0 Å². The van der Waals surface area contributed by atoms with E-state index in [9.17, 15) is 23.1 Å². The zero-order valence-electron chi connectivity index (χ0n) is 15.4. The fraction of sp³-hybridized carbons (Fsp3) is 0.381. The average Bonchev–Trinajstić information content (AvgIpc) is 2.68. The Morgan fingerprint density at radius 2 is 1.64 bits per heavy atom. The first kappa shape index (κ1) is 20.2. The van der Waals surface area contributed by atoms with Crippen LogP contribution >= 0.6 is 0 Å². The summed E-state index contributed by atoms with van der Waals surface area (Å²) in [6.07, 6.45) is -3.69. The SMILES string of the molecule is COc1ccccc1C(c1ccccc1C(F)(F)F)N1CCC(C(=O)O)CC1. The summed E-state index contributed by atoms with van der Waals surface area (Å²) < 4.78 is 46.6. The van der Waals surface area contributed by atoms with Crippen molar-refractivity contribution in [2.45, 2.75) is 25.1 Å². The van der Waals surface area contributed by atoms with E-state index in [-0.39, 0.29) is 5.56 Å². The number of rotatable bonds is 5. The Morgan fingerprint density at radius 3 is 2.21 bits per heavy atom. The van der Waals surface area contributed by atoms with Gasteiger partial charge in [-0.25, -0.2) is 0 Å². The molecule has 1 unspecified atom stereocenters. The lowest BCUT2D eigenvalue weighted by Crippen LogP contribution is -2.40. The van der Waals surface area contributed by atoms with Gasteiger partial charge in [-0.05, 0) is 43.6 Å². The second-order valence-corrected chi connectivity index (χ2v) is 6.88. The van der Waals surface area contributed by atoms with Crippen molar-refractivity contribution in [2.24, 2.45) is 5.92 Å². The number of ether oxygens (including phenoxy) is 1. The number of aliphatic carboxylic acids is 1. The number of nitrogens with zero attached hydrogens (tertiary/aromatic N) is 1. The van der Waals surface area contributed by atoms with E-state index in [0.29, 0.717) is 37.2 Å². The number of carbonyl (C=O) groups is 1. The molecule has 2 aromatic rings. The van der Waals surface area contributed by atoms with E-state index in [4.69, 9.17) is 4.74 Å². The average molecular weight is 393 g/mol. The molecule has 1 saturated heterocycles. The van der Waals surface area contributed by atoms with Crippen molar-refractivity contribution in [2.75, 3.05) is 20.2 Å². The summed E-state index contributed by atoms with van der Waals surface area (Å²) in [6.45, 7) is 0.789. The molecule has 0 bridgehead atoms. The highest BCUT2D eigenvalue weighted by molar-refractivity contribution is 5.70. The number of benzene rings is 2. The summed E-state index contributed by atoms with van der Waals surface area (Å²) >= 11 is 0. The smallest absolute Gasteiger partial charge is 0.416 e. The number of hydrogen-bond acceptors (Lipinski definition) is 3. The molecule has 0 aliphatic carbocycles. The Kier molecular flexibility index (Phi) is 5.93. The molecule has 0 radical (unpaired) electrons. The fourth-order valence-corrected chi connectivity index (χ4v) is 3.85. The maximum Gasteiger partial charge on any atom is 0.416 e. The van der Waals surface area contributed by atoms with Crippen LogP contribution in [-0.2, 0) is 11.0 Å². The summed E-state index contributed by atoms with van der Waals surface area (Å²) in [5.74, 6) is -0.818. The quantitative estimate of drug-likeness (QED) is 0.807. The van der Waals surface area contributed by atoms with E-state index >= 15 is 0 Å². The van der Waals surface area contributed by atoms with Crippen LogP contribution < -0.4 is 4.74 Å². The molecule has 3 rings (SSSR count). The molecule has 4 nitrogen and oxygen atoms in total. The zero-order valence-corrected chi connectivity index (χ0v) is 15.4. The normalized spacial score (nSPS) is 17.3. The maximum absolute atomic E-state index is 13.7. The number of methoxy groups -OCH3 is 1. The van der Waals surface area contributed by atoms with E-state index < -0.39 is 29.7 Å². The molecule has 0 spiro atoms. The van der Waals surface area contributed by atoms with E-state index in [0.717, 1.165) is 6.07 Å². The molecule has 1 aliphatic heterocycles. The second kappa shape index (κ2) is 8.22. The monoisotopic (exact) mass is 393 g/mol. The lowest BCUT2D eigenvalue weighted by Gasteiger charge is -2.38. The van der Waals surface area contributed by atoms with Gasteiger partial charge in [0.2, 0.25) is 0 Å². The first-order valence-electron chi connectivity index (χ1n) is 9.08. The molecular formula is C21H22F3NO3. The predicted molar refractivity (Wildman–Crippen MR) is 98.2 cm³/mol. The van der Waals surface area contributed by atoms with Crippen molar-refractivity contribution >= 4 is 5.97 Å². The van der Waals surface area contributed by atoms with Crippen LogP contribution in [0.3, 0.4) is 0 Å². The highest BCUT2D eigenvalue weighted by Gasteiger charge is 2.38. The van der Waals surface area contributed by atoms with Crippen LogP contribution in [0.2, 0.25) is 0 Å². The topological polar surface area (TPSA) is 49.8 Å². The molecule has 0 amide bonds. The minimum atomic E-state index is -4.49. The van der Waals surface area contributed by atoms with Gasteiger partial charge in [-0.3, -0.25) is 9.69 Å². The van der Waals surface area contributed by atoms with Crippen molar-refractivity contribution in [3.8, 4) is 5.75 Å². The van der Waals surface area contributed by atoms with Crippen molar-refractivity contribution in [1.82, 2.24) is 4.90 Å². The standard InChI is InChI=1S/C21H22F3NO3/c1-28-18-9-5-3-7-16(18)19(25-12-10-14(11-13-25)20(26)27)15-6-2-4-8-17(15)21(22,23)24/h2-9,14,19H,10-13H2,1H3,(H,26,27). The Bertz CT molecular complexity index is 830. The molecule has 1 fully saturated rings. The number of likely N-dealkylation sites (tertiary alicyclic amines) is 1. The number of carboxylic acids is 1. The minimum absolute atomic E-state index is 0.147. The Balaban J connectivity index is 2.08. The molecule has 2 aromatic carbocycles. The van der Waals surface area contributed by atoms with Crippen LogP contribution in [0.15, 0.2) is 48.5 Å². The Labute approximate surface area is 161 Å². The van der Waals surface area contributed by atoms with E-state index in [1.165, 1.54) is 19.2 Å². The number of carboxylic acid groups (broad SMARTS) is 1. The summed E-state index contributed by atoms with van der Waals surface area (Å²) in [6, 6.07) is 11.9. The summed E-state index contributed by atoms with van der Waals surface area (Å²) in [7, 11) is 1.49. The number of alkyl halides is 3. The number of para-hydroxylation sites is 1. The zero-order chi connectivity index (χ0) is 20.3. The van der Waals surface area contributed by atoms with Gasteiger partial charge in [-0.15, -0.1) is 0 Å². The number of halogens is 3. The highest BCUT2D eigenvalue weighted by atomic mass is 19.4. The third kappa shape index (κ3) is 4.14. The molecule has 0 saturated carbocycles. The third-order valence-electron chi connectivity index (χ3n) is 5.24. The fourth-order valence-electron chi connectivity index (χ4n) is 3.85. The minimum Gasteiger partial charge on any atom is -0.496 e. The largest absolute Gasteiger partial charge is 0.496 e. The number of hydrogen-bond donors (Lipinski definition) is 1. The maximum atomic E-state index is 13.7. The van der Waals surface area contributed by atoms with Gasteiger partial charge in [0.25, 0.3) is 0 Å². The first-order chi connectivity index (χ1) is 13.3. The van der Waals surface area contributed by atoms with Crippen molar-refractivity contribution in [3.05, 3.63) is 65.2 Å². The van der Waals surface area contributed by atoms with Crippen molar-refractivity contribution in [1.29, 1.82) is 0 Å². The first-order valence-corrected chi connectivity index (χ1v) is 9.08. The molecule has 1 N–H and O–H groups in total. The van der Waals surface area contributed by atoms with Crippen LogP contribution in [0.1, 0.15) is 35.6 Å². The predicted octanol–water partition coefficient (Wildman–Crippen LogP) is 4.60. The van der Waals surface area contributed by atoms with Gasteiger partial charge in [0.15, 0.2) is 0 Å². The molecular weight excluding hydrogens is 371 g/mol. The van der Waals surface area contributed by atoms with E-state index in [1.54, 1.807) is 30.3 Å². The summed E-state index contributed by atoms with van der Waals surface area (Å²) in [4.78, 5) is 13.2. The van der Waals surface area contributed by atoms with Crippen molar-refractivity contribution < 1.29 is 27.8 Å². The van der Waals surface area contributed by atoms with Gasteiger partial charge >= 0.3 is 12.1 Å². The van der Waals surface area contributed by atoms with Crippen LogP contribution in [0.4, 0.5) is 13.2 Å². The van der Waals surface area contributed by atoms with Gasteiger partial charge in [-0.2, -0.15) is 13.2 Å². The van der Waals surface area contributed by atoms with Gasteiger partial charge in [0, 0.05) is 5.56 Å². The number of piperidine rings is 1. The van der Waals surface area contributed by atoms with Crippen LogP contribution in [0.5, 0.6) is 5.75 Å². The molecule has 28 heavy (non-hydrogen) atoms. The van der Waals surface area contributed by atoms with Crippen LogP contribution in [0, 0.1) is 5.92 Å². The lowest BCUT2D eigenvalue weighted by molar-refractivity contribution is -0.143. The molecule has 150 valence electrons. The van der Waals surface area contributed by atoms with Crippen LogP contribution in [0.25, 0.3) is 0 Å². The van der Waals surface area contributed by atoms with Gasteiger partial charge in [0.1, 0.15) is 5.75 Å². The van der Waals surface area contributed by atoms with Gasteiger partial charge in [-0.1, -0.05) is 36.4 Å². The molecule has 1 aliphatic rings.